The van der Waals surface area contributed by atoms with Crippen molar-refractivity contribution < 1.29 is 84.3 Å². The molecule has 0 aliphatic carbocycles. The van der Waals surface area contributed by atoms with Crippen molar-refractivity contribution >= 4 is 71.7 Å². The number of hydrogen-bond donors (Lipinski definition) is 10. The maximum Gasteiger partial charge on any atom is 0.329 e. The number of rotatable bonds is 19. The molecule has 0 unspecified atom stereocenters. The van der Waals surface area contributed by atoms with E-state index in [0.29, 0.717) is 56.8 Å². The number of benzene rings is 5. The van der Waals surface area contributed by atoms with Crippen LogP contribution in [-0.2, 0) is 119 Å². The number of alkyl halides is 1. The van der Waals surface area contributed by atoms with Gasteiger partial charge >= 0.3 is 22.8 Å². The summed E-state index contributed by atoms with van der Waals surface area (Å²) in [5.41, 5.74) is 15.0. The van der Waals surface area contributed by atoms with Gasteiger partial charge in [0, 0.05) is 44.6 Å². The number of amides is 1. The number of carbonyl (C=O) groups is 1. The van der Waals surface area contributed by atoms with E-state index in [4.69, 9.17) is 38.6 Å². The molecule has 9 aromatic rings. The Hall–Kier alpha value is -8.03. The topological polar surface area (TPSA) is 386 Å². The van der Waals surface area contributed by atoms with Crippen LogP contribution in [0.1, 0.15) is 176 Å². The highest BCUT2D eigenvalue weighted by Crippen LogP contribution is 2.46. The van der Waals surface area contributed by atoms with Crippen LogP contribution in [0.15, 0.2) is 134 Å². The summed E-state index contributed by atoms with van der Waals surface area (Å²) in [7, 11) is 0. The van der Waals surface area contributed by atoms with E-state index in [1.54, 1.807) is 32.1 Å². The minimum Gasteiger partial charge on any atom is -0.394 e. The van der Waals surface area contributed by atoms with E-state index in [9.17, 15) is 64.8 Å². The Morgan fingerprint density at radius 3 is 1.08 bits per heavy atom. The highest BCUT2D eigenvalue weighted by Gasteiger charge is 2.44. The second-order valence-electron chi connectivity index (χ2n) is 39.4. The van der Waals surface area contributed by atoms with Crippen LogP contribution in [-0.4, -0.2) is 223 Å². The van der Waals surface area contributed by atoms with Gasteiger partial charge in [0.1, 0.15) is 67.1 Å². The van der Waals surface area contributed by atoms with Gasteiger partial charge in [0.05, 0.1) is 109 Å². The van der Waals surface area contributed by atoms with Crippen molar-refractivity contribution in [1.29, 1.82) is 0 Å². The fourth-order valence-electron chi connectivity index (χ4n) is 19.0. The van der Waals surface area contributed by atoms with Crippen molar-refractivity contribution in [3.8, 4) is 0 Å². The Morgan fingerprint density at radius 1 is 0.397 bits per heavy atom. The lowest BCUT2D eigenvalue weighted by Crippen LogP contribution is -2.43. The standard InChI is InChI=1S/C20H28N2O5.C20H26N2O3.2C17H24N2O5.C13H15NO.C8H13BrO2/c1-19(2)8-9-21-16-12(19)6-5-7-13(16)22(18(21)25)10-14(23)17(24)15-11-26-20(3,4)27-15;1-19(2)10-12-22-17-15(19)8-5-9-16(17)21(18(22)23)11-6-7-14-13-24-20(3,4)25-14;2*1-17(2)6-7-18-14-10(17)4-3-5-11(14)19(16(18)24)8-12(21)15(23)13(22)9-20;1-13(2)6-7-14-11(15)8-9-4-3-5-10(13)12(9)14;1-8(2)10-6-7(11-8)4-3-5-9/h5-7,14-15,17,23-24H,8-11H2,1-4H3;5-9,14H,10-13H2,1-4H3;2*3-5,12-13,15,20-23H,6-9H2,1-2H3;3-5H,6-8H2,1-2H3;3-4,7H,5-6H2,1-2H3/b;7-6+;;;;4-3+/t14-,15-,17+;14-;12-,13+,15+;12-,13-,15+;;7-/m1001.0/s1. The predicted octanol–water partition coefficient (Wildman–Crippen LogP) is 8.01. The van der Waals surface area contributed by atoms with E-state index >= 15 is 0 Å². The molecule has 0 saturated carbocycles. The average Bonchev–Trinajstić information content (AvgIpc) is 1.55. The summed E-state index contributed by atoms with van der Waals surface area (Å²) in [5.74, 6) is -1.44. The van der Waals surface area contributed by atoms with Crippen molar-refractivity contribution in [3.63, 3.8) is 0 Å². The Labute approximate surface area is 742 Å². The lowest BCUT2D eigenvalue weighted by molar-refractivity contribution is -0.161. The van der Waals surface area contributed by atoms with Gasteiger partial charge in [0.15, 0.2) is 17.4 Å². The summed E-state index contributed by atoms with van der Waals surface area (Å²) >= 11 is 3.30. The number of para-hydroxylation sites is 5. The van der Waals surface area contributed by atoms with E-state index in [1.807, 2.05) is 121 Å². The Balaban J connectivity index is 0.000000132. The molecule has 30 nitrogen and oxygen atoms in total. The van der Waals surface area contributed by atoms with E-state index < -0.39 is 85.5 Å². The van der Waals surface area contributed by atoms with Crippen molar-refractivity contribution in [2.24, 2.45) is 0 Å². The molecule has 4 aromatic heterocycles. The maximum atomic E-state index is 13.0. The molecule has 126 heavy (non-hydrogen) atoms. The van der Waals surface area contributed by atoms with Crippen LogP contribution in [0.2, 0.25) is 0 Å². The number of anilines is 1. The third-order valence-corrected chi connectivity index (χ3v) is 27.0. The third-order valence-electron chi connectivity index (χ3n) is 26.6. The van der Waals surface area contributed by atoms with Crippen molar-refractivity contribution in [1.82, 2.24) is 36.5 Å². The molecule has 5 aromatic carbocycles. The molecule has 18 rings (SSSR count). The number of aliphatic hydroxyl groups is 10. The normalized spacial score (nSPS) is 23.2. The quantitative estimate of drug-likeness (QED) is 0.0270. The van der Waals surface area contributed by atoms with Gasteiger partial charge in [0.25, 0.3) is 0 Å². The summed E-state index contributed by atoms with van der Waals surface area (Å²) in [6, 6.07) is 30.0. The van der Waals surface area contributed by atoms with Crippen LogP contribution in [0, 0.1) is 0 Å². The van der Waals surface area contributed by atoms with Crippen LogP contribution in [0.25, 0.3) is 44.1 Å². The van der Waals surface area contributed by atoms with Gasteiger partial charge in [-0.2, -0.15) is 0 Å². The number of ether oxygens (including phenoxy) is 6. The summed E-state index contributed by atoms with van der Waals surface area (Å²) in [6.07, 6.45) is 1.79. The Bertz CT molecular complexity index is 5630. The number of aliphatic hydroxyl groups excluding tert-OH is 10. The monoisotopic (exact) mass is 1810 g/mol. The van der Waals surface area contributed by atoms with Gasteiger partial charge in [-0.3, -0.25) is 41.3 Å². The fourth-order valence-corrected chi connectivity index (χ4v) is 19.2. The zero-order chi connectivity index (χ0) is 91.6. The molecule has 9 aliphatic rings. The second kappa shape index (κ2) is 37.1. The second-order valence-corrected chi connectivity index (χ2v) is 40.0. The Kier molecular flexibility index (Phi) is 28.1. The molecule has 9 aliphatic heterocycles. The van der Waals surface area contributed by atoms with Gasteiger partial charge in [0.2, 0.25) is 5.91 Å². The highest BCUT2D eigenvalue weighted by molar-refractivity contribution is 9.09. The first-order chi connectivity index (χ1) is 59.2. The first-order valence-electron chi connectivity index (χ1n) is 44.0. The van der Waals surface area contributed by atoms with Gasteiger partial charge < -0.3 is 84.4 Å². The fraction of sp³-hybridized carbons (Fsp3) is 0.589. The lowest BCUT2D eigenvalue weighted by atomic mass is 9.77. The number of aromatic nitrogens is 8. The zero-order valence-electron chi connectivity index (χ0n) is 75.5. The van der Waals surface area contributed by atoms with Crippen LogP contribution in [0.3, 0.4) is 0 Å². The number of hydrogen-bond acceptors (Lipinski definition) is 21. The molecule has 688 valence electrons. The molecule has 10 N–H and O–H groups in total. The number of halogens is 1. The third kappa shape index (κ3) is 19.4. The SMILES string of the molecule is CC1(C)CCN2C(=O)Cc3cccc1c32.CC1(C)CCn2c(=O)n(C[C@@H](O)[C@H](O)[C@H](O)CO)c3cccc1c32.CC1(C)CCn2c(=O)n(C[C@H](O)[C@@H](O)[C@H](O)CO)c3cccc1c32.CC1(C)OC[C@H](/C=C/CBr)O1.CC1(C)OC[C@H](/C=C/Cn2c(=O)n3c4c(cccc42)C(C)(C)CC3)O1.CC1(C)OC[C@H]([C@@H](O)[C@H](O)Cn2c(=O)n3c4c(cccc42)C(C)(C)CC3)O1. The van der Waals surface area contributed by atoms with Gasteiger partial charge in [-0.1, -0.05) is 176 Å². The van der Waals surface area contributed by atoms with Crippen molar-refractivity contribution in [2.45, 2.75) is 313 Å². The van der Waals surface area contributed by atoms with Gasteiger partial charge in [-0.05, 0) is 158 Å². The van der Waals surface area contributed by atoms with E-state index in [-0.39, 0.29) is 94.2 Å². The molecule has 11 atom stereocenters. The van der Waals surface area contributed by atoms with Gasteiger partial charge in [-0.15, -0.1) is 0 Å². The molecular formula is C95H130BrN9O21. The largest absolute Gasteiger partial charge is 0.394 e. The van der Waals surface area contributed by atoms with E-state index in [2.05, 4.69) is 122 Å². The molecule has 31 heteroatoms. The van der Waals surface area contributed by atoms with Crippen molar-refractivity contribution in [2.75, 3.05) is 49.8 Å². The number of nitrogens with zero attached hydrogens (tertiary/aromatic N) is 9. The lowest BCUT2D eigenvalue weighted by Gasteiger charge is -2.37. The molecule has 1 amide bonds. The number of aryl methyl sites for hydroxylation is 4. The number of allylic oxidation sites excluding steroid dienone is 2. The summed E-state index contributed by atoms with van der Waals surface area (Å²) in [6.45, 7) is 37.1. The van der Waals surface area contributed by atoms with Crippen LogP contribution in [0.4, 0.5) is 5.69 Å². The summed E-state index contributed by atoms with van der Waals surface area (Å²) in [5, 5.41) is 98.7. The zero-order valence-corrected chi connectivity index (χ0v) is 77.1. The predicted molar refractivity (Wildman–Crippen MR) is 485 cm³/mol. The van der Waals surface area contributed by atoms with Crippen molar-refractivity contribution in [3.05, 3.63) is 191 Å². The smallest absolute Gasteiger partial charge is 0.329 e. The van der Waals surface area contributed by atoms with Crippen LogP contribution >= 0.6 is 15.9 Å². The number of carbonyl (C=O) groups excluding carboxylic acids is 1. The molecule has 13 heterocycles. The van der Waals surface area contributed by atoms with Crippen LogP contribution in [0.5, 0.6) is 0 Å². The highest BCUT2D eigenvalue weighted by atomic mass is 79.9. The first kappa shape index (κ1) is 95.6. The maximum absolute atomic E-state index is 13.0. The summed E-state index contributed by atoms with van der Waals surface area (Å²) < 4.78 is 46.8. The molecule has 3 saturated heterocycles. The Morgan fingerprint density at radius 2 is 0.722 bits per heavy atom. The van der Waals surface area contributed by atoms with E-state index in [1.165, 1.54) is 31.5 Å². The molecule has 0 radical (unpaired) electrons. The minimum absolute atomic E-state index is 0.00310. The molecule has 3 fully saturated rings. The van der Waals surface area contributed by atoms with E-state index in [0.717, 1.165) is 100 Å². The average molecular weight is 1810 g/mol. The minimum atomic E-state index is -1.52. The molecule has 0 bridgehead atoms. The first-order valence-corrected chi connectivity index (χ1v) is 45.1. The molecular weight excluding hydrogens is 1680 g/mol. The number of imidazole rings is 4. The summed E-state index contributed by atoms with van der Waals surface area (Å²) in [4.78, 5) is 65.1. The van der Waals surface area contributed by atoms with Gasteiger partial charge in [-0.25, -0.2) is 19.2 Å². The van der Waals surface area contributed by atoms with Crippen LogP contribution < -0.4 is 27.7 Å². The molecule has 0 spiro atoms.